The number of hydrogen-bond donors (Lipinski definition) is 8. The van der Waals surface area contributed by atoms with Crippen molar-refractivity contribution < 1.29 is 55.2 Å². The predicted molar refractivity (Wildman–Crippen MR) is 138 cm³/mol. The van der Waals surface area contributed by atoms with E-state index in [4.69, 9.17) is 10.4 Å². The number of likely N-dealkylation sites (N-methyl/N-ethyl adjacent to an activating group) is 2. The van der Waals surface area contributed by atoms with E-state index >= 15 is 0 Å². The molecule has 224 valence electrons. The van der Waals surface area contributed by atoms with Crippen molar-refractivity contribution in [3.63, 3.8) is 0 Å². The number of ketones is 2. The Bertz CT molecular complexity index is 1340. The molecule has 3 aliphatic rings. The number of carbonyl (C=O) groups excluding carboxylic acids is 3. The van der Waals surface area contributed by atoms with Crippen LogP contribution in [0.25, 0.3) is 5.76 Å². The summed E-state index contributed by atoms with van der Waals surface area (Å²) in [4.78, 5) is 48.2. The minimum atomic E-state index is -2.82. The molecule has 41 heavy (non-hydrogen) atoms. The molecule has 1 fully saturated rings. The van der Waals surface area contributed by atoms with E-state index in [9.17, 15) is 39.9 Å². The highest BCUT2D eigenvalue weighted by molar-refractivity contribution is 6.25. The van der Waals surface area contributed by atoms with Crippen molar-refractivity contribution in [3.05, 3.63) is 46.2 Å². The van der Waals surface area contributed by atoms with Crippen LogP contribution in [-0.2, 0) is 24.8 Å². The summed E-state index contributed by atoms with van der Waals surface area (Å²) in [5.74, 6) is -7.89. The maximum atomic E-state index is 14.0. The zero-order chi connectivity index (χ0) is 30.6. The summed E-state index contributed by atoms with van der Waals surface area (Å²) in [6, 6.07) is 2.92. The number of phenolic OH excluding ortho intramolecular Hbond substituents is 1. The highest BCUT2D eigenvalue weighted by Gasteiger charge is 2.66. The largest absolute Gasteiger partial charge is 0.508 e. The smallest absolute Gasteiger partial charge is 0.259 e. The number of rotatable bonds is 8. The van der Waals surface area contributed by atoms with Crippen LogP contribution in [0.15, 0.2) is 35.1 Å². The average Bonchev–Trinajstić information content (AvgIpc) is 2.87. The van der Waals surface area contributed by atoms with Gasteiger partial charge in [-0.3, -0.25) is 34.6 Å². The summed E-state index contributed by atoms with van der Waals surface area (Å²) in [5, 5.41) is 75.5. The fraction of sp³-hybridized carbons (Fsp3) is 0.500. The highest BCUT2D eigenvalue weighted by Crippen LogP contribution is 2.57. The molecule has 1 amide bonds. The first-order valence-corrected chi connectivity index (χ1v) is 12.7. The molecule has 8 N–H and O–H groups in total. The number of fused-ring (bicyclic) bond motifs is 3. The van der Waals surface area contributed by atoms with Gasteiger partial charge in [0.2, 0.25) is 5.78 Å². The maximum absolute atomic E-state index is 14.0. The number of aliphatic hydroxyl groups is 4. The summed E-state index contributed by atoms with van der Waals surface area (Å²) in [6.45, 7) is 1.13. The van der Waals surface area contributed by atoms with E-state index < -0.39 is 80.4 Å². The van der Waals surface area contributed by atoms with Crippen molar-refractivity contribution in [2.75, 3.05) is 41.0 Å². The van der Waals surface area contributed by atoms with E-state index in [1.165, 1.54) is 56.1 Å². The van der Waals surface area contributed by atoms with Crippen LogP contribution in [0, 0.1) is 11.8 Å². The molecule has 0 aliphatic heterocycles. The minimum Gasteiger partial charge on any atom is -0.508 e. The van der Waals surface area contributed by atoms with Gasteiger partial charge < -0.3 is 30.8 Å². The Hall–Kier alpha value is -3.41. The van der Waals surface area contributed by atoms with Crippen LogP contribution in [0.1, 0.15) is 24.5 Å². The normalized spacial score (nSPS) is 29.7. The number of nitrogens with zero attached hydrogens (tertiary/aromatic N) is 3. The first-order valence-electron chi connectivity index (χ1n) is 12.7. The maximum Gasteiger partial charge on any atom is 0.259 e. The zero-order valence-electron chi connectivity index (χ0n) is 22.9. The lowest BCUT2D eigenvalue weighted by Gasteiger charge is -2.53. The van der Waals surface area contributed by atoms with Gasteiger partial charge in [-0.15, -0.1) is 0 Å². The minimum absolute atomic E-state index is 0.102. The van der Waals surface area contributed by atoms with Crippen molar-refractivity contribution in [3.8, 4) is 5.75 Å². The van der Waals surface area contributed by atoms with E-state index in [1.807, 2.05) is 0 Å². The second kappa shape index (κ2) is 10.8. The van der Waals surface area contributed by atoms with Crippen LogP contribution in [0.2, 0.25) is 0 Å². The number of carbonyl (C=O) groups is 3. The van der Waals surface area contributed by atoms with Crippen LogP contribution >= 0.6 is 0 Å². The molecule has 0 spiro atoms. The third kappa shape index (κ3) is 4.79. The van der Waals surface area contributed by atoms with E-state index in [0.29, 0.717) is 0 Å². The summed E-state index contributed by atoms with van der Waals surface area (Å²) in [5.41, 5.74) is -5.98. The van der Waals surface area contributed by atoms with E-state index in [1.54, 1.807) is 0 Å². The van der Waals surface area contributed by atoms with Gasteiger partial charge in [-0.2, -0.15) is 0 Å². The van der Waals surface area contributed by atoms with Crippen molar-refractivity contribution in [2.24, 2.45) is 11.8 Å². The summed E-state index contributed by atoms with van der Waals surface area (Å²) in [6.07, 6.45) is -0.243. The second-order valence-electron chi connectivity index (χ2n) is 10.9. The summed E-state index contributed by atoms with van der Waals surface area (Å²) >= 11 is 0. The van der Waals surface area contributed by atoms with Gasteiger partial charge in [0.25, 0.3) is 5.91 Å². The molecular weight excluding hydrogens is 544 g/mol. The van der Waals surface area contributed by atoms with Crippen molar-refractivity contribution in [1.29, 1.82) is 0 Å². The number of aromatic hydroxyl groups is 1. The Morgan fingerprint density at radius 3 is 2.39 bits per heavy atom. The van der Waals surface area contributed by atoms with Gasteiger partial charge in [-0.1, -0.05) is 12.1 Å². The molecule has 5 atom stereocenters. The lowest BCUT2D eigenvalue weighted by molar-refractivity contribution is -0.492. The Balaban J connectivity index is 1.77. The first-order chi connectivity index (χ1) is 19.1. The van der Waals surface area contributed by atoms with Gasteiger partial charge in [-0.05, 0) is 46.1 Å². The topological polar surface area (TPSA) is 224 Å². The average molecular weight is 579 g/mol. The number of Topliss-reactive ketones (excluding diaryl/α,β-unsaturated/α-hetero) is 2. The Morgan fingerprint density at radius 1 is 1.12 bits per heavy atom. The summed E-state index contributed by atoms with van der Waals surface area (Å²) < 4.78 is 0. The Kier molecular flexibility index (Phi) is 8.03. The van der Waals surface area contributed by atoms with Gasteiger partial charge >= 0.3 is 0 Å². The molecule has 3 aliphatic carbocycles. The number of nitrogens with one attached hydrogen (secondary N) is 1. The standard InChI is InChI=1S/C26H34N4O11/c1-25(37)12-6-5-7-15(31)16(12)20(32)17-13(25)10-14-19(28(2)3)21(33)18(23(35)26(14,38)22(17)34)24(36)27-11-29(4)8-9-41-30(39)40/h5-7,13-14,19,31-32,35,37-40H,8-11H2,1-4H3,(H,27,36)/t13-,14-,19-,25?,26-/m0/s1. The van der Waals surface area contributed by atoms with Gasteiger partial charge in [0.05, 0.1) is 35.9 Å². The molecule has 0 heterocycles. The van der Waals surface area contributed by atoms with Gasteiger partial charge in [0.15, 0.2) is 11.4 Å². The van der Waals surface area contributed by atoms with Gasteiger partial charge in [0, 0.05) is 24.0 Å². The van der Waals surface area contributed by atoms with Crippen LogP contribution in [0.4, 0.5) is 0 Å². The third-order valence-electron chi connectivity index (χ3n) is 8.19. The Labute approximate surface area is 234 Å². The van der Waals surface area contributed by atoms with Crippen molar-refractivity contribution in [2.45, 2.75) is 30.6 Å². The SMILES string of the molecule is CN(CCON(O)O)CNC(=O)C1=C(O)[C@@]2(O)C(=O)C3=C(O)c4c(O)cccc4C(C)(O)[C@H]3C[C@H]2[C@H](N(C)C)C1=O. The predicted octanol–water partition coefficient (Wildman–Crippen LogP) is -0.839. The Morgan fingerprint density at radius 2 is 1.78 bits per heavy atom. The van der Waals surface area contributed by atoms with E-state index in [2.05, 4.69) is 10.2 Å². The fourth-order valence-electron chi connectivity index (χ4n) is 6.14. The number of benzene rings is 1. The molecule has 0 aromatic heterocycles. The van der Waals surface area contributed by atoms with E-state index in [-0.39, 0.29) is 37.4 Å². The molecule has 4 rings (SSSR count). The van der Waals surface area contributed by atoms with Gasteiger partial charge in [-0.25, -0.2) is 4.84 Å². The molecule has 0 bridgehead atoms. The van der Waals surface area contributed by atoms with Crippen LogP contribution in [0.3, 0.4) is 0 Å². The van der Waals surface area contributed by atoms with Crippen molar-refractivity contribution >= 4 is 23.2 Å². The molecule has 15 heteroatoms. The quantitative estimate of drug-likeness (QED) is 0.107. The molecule has 1 aromatic rings. The van der Waals surface area contributed by atoms with Crippen LogP contribution < -0.4 is 5.32 Å². The molecular formula is C26H34N4O11. The van der Waals surface area contributed by atoms with Crippen LogP contribution in [0.5, 0.6) is 5.75 Å². The molecule has 1 saturated carbocycles. The second-order valence-corrected chi connectivity index (χ2v) is 10.9. The summed E-state index contributed by atoms with van der Waals surface area (Å²) in [7, 11) is 4.54. The highest BCUT2D eigenvalue weighted by atomic mass is 17.1. The number of aliphatic hydroxyl groups excluding tert-OH is 2. The van der Waals surface area contributed by atoms with Gasteiger partial charge in [0.1, 0.15) is 22.8 Å². The van der Waals surface area contributed by atoms with E-state index in [0.717, 1.165) is 0 Å². The number of amides is 1. The molecule has 15 nitrogen and oxygen atoms in total. The fourth-order valence-corrected chi connectivity index (χ4v) is 6.14. The number of hydrogen-bond acceptors (Lipinski definition) is 14. The lowest BCUT2D eigenvalue weighted by Crippen LogP contribution is -2.67. The molecule has 0 radical (unpaired) electrons. The number of phenols is 1. The van der Waals surface area contributed by atoms with Crippen LogP contribution in [-0.4, -0.2) is 121 Å². The zero-order valence-corrected chi connectivity index (χ0v) is 22.9. The van der Waals surface area contributed by atoms with Crippen molar-refractivity contribution in [1.82, 2.24) is 20.5 Å². The molecule has 0 saturated heterocycles. The first kappa shape index (κ1) is 30.5. The third-order valence-corrected chi connectivity index (χ3v) is 8.19. The molecule has 1 aromatic carbocycles. The monoisotopic (exact) mass is 578 g/mol. The lowest BCUT2D eigenvalue weighted by atomic mass is 9.54. The molecule has 1 unspecified atom stereocenters.